The third-order valence-corrected chi connectivity index (χ3v) is 8.86. The molecular formula is C32H47F2N5O8. The number of aromatic nitrogens is 2. The molecule has 15 heteroatoms. The fourth-order valence-corrected chi connectivity index (χ4v) is 5.95. The van der Waals surface area contributed by atoms with Crippen molar-refractivity contribution in [2.24, 2.45) is 5.92 Å². The minimum atomic E-state index is -1.72. The lowest BCUT2D eigenvalue weighted by Crippen LogP contribution is -2.54. The van der Waals surface area contributed by atoms with Crippen LogP contribution < -0.4 is 9.64 Å². The SMILES string of the molecule is COCc1cnc(N2CCC(CCCOc3cc(F)c(CC(=O)N4CCN(C[C@H](O)[C@@H](O)[C@H](O)[C@H](O)CO)CC4)c(F)c3)CC2)nc1. The number of carbonyl (C=O) groups excluding carboxylic acids is 1. The lowest BCUT2D eigenvalue weighted by molar-refractivity contribution is -0.134. The Labute approximate surface area is 273 Å². The Morgan fingerprint density at radius 1 is 0.957 bits per heavy atom. The Kier molecular flexibility index (Phi) is 14.0. The molecule has 2 aliphatic rings. The molecule has 1 aromatic carbocycles. The van der Waals surface area contributed by atoms with Crippen molar-refractivity contribution in [3.8, 4) is 5.75 Å². The van der Waals surface area contributed by atoms with Crippen molar-refractivity contribution in [1.29, 1.82) is 0 Å². The van der Waals surface area contributed by atoms with Gasteiger partial charge in [0.05, 0.1) is 32.3 Å². The van der Waals surface area contributed by atoms with Crippen molar-refractivity contribution < 1.29 is 48.6 Å². The van der Waals surface area contributed by atoms with Crippen LogP contribution in [-0.4, -0.2) is 142 Å². The quantitative estimate of drug-likeness (QED) is 0.153. The Bertz CT molecular complexity index is 1240. The number of benzene rings is 1. The first-order valence-electron chi connectivity index (χ1n) is 16.1. The first-order chi connectivity index (χ1) is 22.6. The predicted octanol–water partition coefficient (Wildman–Crippen LogP) is 0.0994. The lowest BCUT2D eigenvalue weighted by Gasteiger charge is -2.37. The number of amides is 1. The summed E-state index contributed by atoms with van der Waals surface area (Å²) in [6.45, 7) is 2.82. The van der Waals surface area contributed by atoms with Gasteiger partial charge in [-0.3, -0.25) is 9.69 Å². The van der Waals surface area contributed by atoms with Gasteiger partial charge in [-0.15, -0.1) is 0 Å². The molecule has 1 amide bonds. The largest absolute Gasteiger partial charge is 0.493 e. The van der Waals surface area contributed by atoms with Crippen LogP contribution in [0.15, 0.2) is 24.5 Å². The number of methoxy groups -OCH3 is 1. The van der Waals surface area contributed by atoms with Crippen molar-refractivity contribution in [3.63, 3.8) is 0 Å². The second kappa shape index (κ2) is 17.9. The van der Waals surface area contributed by atoms with Crippen LogP contribution in [-0.2, 0) is 22.6 Å². The van der Waals surface area contributed by atoms with E-state index in [9.17, 15) is 34.0 Å². The number of rotatable bonds is 16. The first-order valence-corrected chi connectivity index (χ1v) is 16.1. The van der Waals surface area contributed by atoms with E-state index in [1.807, 2.05) is 0 Å². The number of piperidine rings is 1. The molecule has 0 bridgehead atoms. The molecule has 0 saturated carbocycles. The van der Waals surface area contributed by atoms with E-state index in [0.717, 1.165) is 56.5 Å². The standard InChI is InChI=1S/C32H47F2N5O8/c1-46-20-22-16-35-32(36-17-22)39-6-4-21(5-7-39)3-2-12-47-23-13-25(33)24(26(34)14-23)15-29(43)38-10-8-37(9-11-38)18-27(41)30(44)31(45)28(42)19-40/h13-14,16-17,21,27-28,30-31,40-42,44-45H,2-12,15,18-20H2,1H3/t27-,28+,30+,31+/m0/s1. The van der Waals surface area contributed by atoms with Gasteiger partial charge in [-0.25, -0.2) is 18.7 Å². The number of aliphatic hydroxyl groups excluding tert-OH is 5. The summed E-state index contributed by atoms with van der Waals surface area (Å²) in [7, 11) is 1.63. The van der Waals surface area contributed by atoms with E-state index in [2.05, 4.69) is 14.9 Å². The van der Waals surface area contributed by atoms with Crippen LogP contribution in [0.4, 0.5) is 14.7 Å². The van der Waals surface area contributed by atoms with Gasteiger partial charge in [-0.2, -0.15) is 0 Å². The molecular weight excluding hydrogens is 620 g/mol. The summed E-state index contributed by atoms with van der Waals surface area (Å²) in [5.74, 6) is -0.838. The molecule has 2 aromatic rings. The smallest absolute Gasteiger partial charge is 0.227 e. The minimum Gasteiger partial charge on any atom is -0.493 e. The highest BCUT2D eigenvalue weighted by atomic mass is 19.1. The third-order valence-electron chi connectivity index (χ3n) is 8.86. The molecule has 0 radical (unpaired) electrons. The minimum absolute atomic E-state index is 0.0390. The molecule has 0 spiro atoms. The average molecular weight is 668 g/mol. The second-order valence-electron chi connectivity index (χ2n) is 12.3. The highest BCUT2D eigenvalue weighted by Crippen LogP contribution is 2.26. The fraction of sp³-hybridized carbons (Fsp3) is 0.656. The molecule has 2 fully saturated rings. The zero-order valence-corrected chi connectivity index (χ0v) is 26.8. The van der Waals surface area contributed by atoms with Gasteiger partial charge in [0.1, 0.15) is 35.7 Å². The third kappa shape index (κ3) is 10.5. The van der Waals surface area contributed by atoms with E-state index < -0.39 is 55.0 Å². The van der Waals surface area contributed by atoms with Crippen LogP contribution in [0, 0.1) is 17.6 Å². The zero-order valence-electron chi connectivity index (χ0n) is 26.8. The van der Waals surface area contributed by atoms with Crippen LogP contribution in [0.5, 0.6) is 5.75 Å². The Balaban J connectivity index is 1.15. The maximum Gasteiger partial charge on any atom is 0.227 e. The number of carbonyl (C=O) groups is 1. The fourth-order valence-electron chi connectivity index (χ4n) is 5.95. The maximum atomic E-state index is 14.9. The number of anilines is 1. The van der Waals surface area contributed by atoms with Crippen LogP contribution >= 0.6 is 0 Å². The monoisotopic (exact) mass is 667 g/mol. The molecule has 0 unspecified atom stereocenters. The summed E-state index contributed by atoms with van der Waals surface area (Å²) in [4.78, 5) is 27.1. The van der Waals surface area contributed by atoms with E-state index in [-0.39, 0.29) is 30.9 Å². The Hall–Kier alpha value is -3.05. The van der Waals surface area contributed by atoms with E-state index >= 15 is 0 Å². The Morgan fingerprint density at radius 3 is 2.17 bits per heavy atom. The van der Waals surface area contributed by atoms with Crippen LogP contribution in [0.2, 0.25) is 0 Å². The van der Waals surface area contributed by atoms with Gasteiger partial charge in [-0.1, -0.05) is 0 Å². The summed E-state index contributed by atoms with van der Waals surface area (Å²) in [6.07, 6.45) is 0.379. The summed E-state index contributed by atoms with van der Waals surface area (Å²) in [6, 6.07) is 2.21. The first kappa shape index (κ1) is 36.8. The summed E-state index contributed by atoms with van der Waals surface area (Å²) >= 11 is 0. The van der Waals surface area contributed by atoms with Gasteiger partial charge in [0, 0.05) is 88.6 Å². The van der Waals surface area contributed by atoms with Crippen LogP contribution in [0.1, 0.15) is 36.8 Å². The highest BCUT2D eigenvalue weighted by Gasteiger charge is 2.32. The van der Waals surface area contributed by atoms with Gasteiger partial charge in [0.25, 0.3) is 0 Å². The maximum absolute atomic E-state index is 14.9. The number of nitrogens with zero attached hydrogens (tertiary/aromatic N) is 5. The van der Waals surface area contributed by atoms with E-state index in [0.29, 0.717) is 38.2 Å². The highest BCUT2D eigenvalue weighted by molar-refractivity contribution is 5.79. The van der Waals surface area contributed by atoms with E-state index in [1.165, 1.54) is 4.90 Å². The molecule has 2 aliphatic heterocycles. The van der Waals surface area contributed by atoms with Crippen molar-refractivity contribution in [2.75, 3.05) is 71.0 Å². The van der Waals surface area contributed by atoms with Crippen molar-refractivity contribution in [2.45, 2.75) is 63.1 Å². The van der Waals surface area contributed by atoms with Crippen LogP contribution in [0.3, 0.4) is 0 Å². The van der Waals surface area contributed by atoms with Gasteiger partial charge in [0.15, 0.2) is 0 Å². The average Bonchev–Trinajstić information content (AvgIpc) is 3.08. The molecule has 4 rings (SSSR count). The van der Waals surface area contributed by atoms with Crippen molar-refractivity contribution in [1.82, 2.24) is 19.8 Å². The molecule has 1 aromatic heterocycles. The second-order valence-corrected chi connectivity index (χ2v) is 12.3. The molecule has 4 atom stereocenters. The topological polar surface area (TPSA) is 172 Å². The predicted molar refractivity (Wildman–Crippen MR) is 167 cm³/mol. The number of β-amino-alcohol motifs (C(OH)–C–C–N with tert-alkyl or cyclic N) is 1. The van der Waals surface area contributed by atoms with E-state index in [4.69, 9.17) is 14.6 Å². The zero-order chi connectivity index (χ0) is 33.9. The number of hydrogen-bond acceptors (Lipinski definition) is 12. The molecule has 2 saturated heterocycles. The molecule has 13 nitrogen and oxygen atoms in total. The number of hydrogen-bond donors (Lipinski definition) is 5. The number of halogens is 2. The normalized spacial score (nSPS) is 19.0. The Morgan fingerprint density at radius 2 is 1.57 bits per heavy atom. The van der Waals surface area contributed by atoms with Gasteiger partial charge >= 0.3 is 0 Å². The van der Waals surface area contributed by atoms with Crippen molar-refractivity contribution in [3.05, 3.63) is 47.3 Å². The lowest BCUT2D eigenvalue weighted by atomic mass is 9.92. The molecule has 47 heavy (non-hydrogen) atoms. The van der Waals surface area contributed by atoms with Crippen molar-refractivity contribution >= 4 is 11.9 Å². The number of aliphatic hydroxyl groups is 5. The summed E-state index contributed by atoms with van der Waals surface area (Å²) < 4.78 is 40.5. The summed E-state index contributed by atoms with van der Waals surface area (Å²) in [5.41, 5.74) is 0.597. The summed E-state index contributed by atoms with van der Waals surface area (Å²) in [5, 5.41) is 48.4. The number of piperazine rings is 1. The van der Waals surface area contributed by atoms with E-state index in [1.54, 1.807) is 24.4 Å². The number of ether oxygens (including phenoxy) is 2. The molecule has 5 N–H and O–H groups in total. The van der Waals surface area contributed by atoms with Gasteiger partial charge in [-0.05, 0) is 31.6 Å². The molecule has 0 aliphatic carbocycles. The van der Waals surface area contributed by atoms with Crippen LogP contribution in [0.25, 0.3) is 0 Å². The molecule has 3 heterocycles. The van der Waals surface area contributed by atoms with Gasteiger partial charge < -0.3 is 44.8 Å². The molecule has 262 valence electrons. The van der Waals surface area contributed by atoms with Gasteiger partial charge in [0.2, 0.25) is 11.9 Å².